The van der Waals surface area contributed by atoms with E-state index in [0.29, 0.717) is 11.8 Å². The minimum Gasteiger partial charge on any atom is -0.456 e. The highest BCUT2D eigenvalue weighted by Gasteiger charge is 2.31. The average Bonchev–Trinajstić information content (AvgIpc) is 3.97. The molecule has 1 aliphatic heterocycles. The third-order valence-corrected chi connectivity index (χ3v) is 13.5. The highest BCUT2D eigenvalue weighted by molar-refractivity contribution is 7.26. The van der Waals surface area contributed by atoms with E-state index in [1.165, 1.54) is 58.7 Å². The number of hydrogen-bond donors (Lipinski definition) is 0. The molecule has 282 valence electrons. The van der Waals surface area contributed by atoms with Gasteiger partial charge < -0.3 is 9.32 Å². The van der Waals surface area contributed by atoms with E-state index in [0.717, 1.165) is 50.8 Å². The van der Waals surface area contributed by atoms with Crippen molar-refractivity contribution in [3.05, 3.63) is 192 Å². The van der Waals surface area contributed by atoms with Gasteiger partial charge in [0.15, 0.2) is 5.84 Å². The van der Waals surface area contributed by atoms with Crippen LogP contribution in [0.15, 0.2) is 184 Å². The number of aromatic nitrogens is 1. The quantitative estimate of drug-likeness (QED) is 0.175. The second-order valence-electron chi connectivity index (χ2n) is 15.8. The topological polar surface area (TPSA) is 46.0 Å². The Kier molecular flexibility index (Phi) is 7.66. The van der Waals surface area contributed by atoms with Gasteiger partial charge >= 0.3 is 0 Å². The number of furan rings is 1. The van der Waals surface area contributed by atoms with E-state index >= 15 is 0 Å². The molecule has 12 rings (SSSR count). The molecular weight excluding hydrogens is 741 g/mol. The number of fused-ring (bicyclic) bond motifs is 10. The van der Waals surface area contributed by atoms with Crippen molar-refractivity contribution in [3.63, 3.8) is 0 Å². The van der Waals surface area contributed by atoms with Crippen molar-refractivity contribution in [1.82, 2.24) is 9.47 Å². The summed E-state index contributed by atoms with van der Waals surface area (Å²) in [6.45, 7) is 2.33. The van der Waals surface area contributed by atoms with Crippen molar-refractivity contribution in [2.45, 2.75) is 19.6 Å². The van der Waals surface area contributed by atoms with Gasteiger partial charge in [0.05, 0.1) is 15.7 Å². The summed E-state index contributed by atoms with van der Waals surface area (Å²) in [6, 6.07) is 56.4. The number of nitrogens with zero attached hydrogens (tertiary/aromatic N) is 4. The van der Waals surface area contributed by atoms with Gasteiger partial charge in [-0.15, -0.1) is 11.3 Å². The lowest BCUT2D eigenvalue weighted by Crippen LogP contribution is -2.38. The summed E-state index contributed by atoms with van der Waals surface area (Å²) in [6.07, 6.45) is 5.18. The van der Waals surface area contributed by atoms with E-state index in [2.05, 4.69) is 175 Å². The Morgan fingerprint density at radius 1 is 0.627 bits per heavy atom. The first-order valence-electron chi connectivity index (χ1n) is 20.3. The van der Waals surface area contributed by atoms with Crippen molar-refractivity contribution >= 4 is 98.1 Å². The number of para-hydroxylation sites is 2. The minimum absolute atomic E-state index is 0.394. The minimum atomic E-state index is -0.445. The Balaban J connectivity index is 1.09. The molecule has 0 fully saturated rings. The lowest BCUT2D eigenvalue weighted by molar-refractivity contribution is 0.297. The second kappa shape index (κ2) is 13.3. The number of thiophene rings is 1. The molecule has 10 aromatic rings. The third kappa shape index (κ3) is 5.23. The molecular formula is C53H38N4OS. The molecule has 2 atom stereocenters. The van der Waals surface area contributed by atoms with Gasteiger partial charge in [-0.3, -0.25) is 4.57 Å². The largest absolute Gasteiger partial charge is 0.456 e. The molecule has 0 saturated heterocycles. The van der Waals surface area contributed by atoms with Crippen molar-refractivity contribution in [2.75, 3.05) is 7.05 Å². The molecule has 2 aliphatic rings. The summed E-state index contributed by atoms with van der Waals surface area (Å²) in [5, 5.41) is 7.05. The smallest absolute Gasteiger partial charge is 0.206 e. The fourth-order valence-electron chi connectivity index (χ4n) is 9.58. The first kappa shape index (κ1) is 34.1. The van der Waals surface area contributed by atoms with Crippen LogP contribution < -0.4 is 0 Å². The van der Waals surface area contributed by atoms with Crippen LogP contribution in [0, 0.1) is 5.92 Å². The van der Waals surface area contributed by atoms with Crippen LogP contribution in [0.25, 0.3) is 75.1 Å². The monoisotopic (exact) mass is 778 g/mol. The summed E-state index contributed by atoms with van der Waals surface area (Å²) in [7, 11) is 2.14. The molecule has 0 saturated carbocycles. The van der Waals surface area contributed by atoms with Crippen LogP contribution in [0.4, 0.5) is 0 Å². The Morgan fingerprint density at radius 2 is 1.34 bits per heavy atom. The lowest BCUT2D eigenvalue weighted by Gasteiger charge is -2.34. The Labute approximate surface area is 345 Å². The Hall–Kier alpha value is -7.02. The molecule has 4 heterocycles. The molecule has 7 aromatic carbocycles. The van der Waals surface area contributed by atoms with Crippen LogP contribution in [-0.4, -0.2) is 28.2 Å². The van der Waals surface area contributed by atoms with Gasteiger partial charge in [0.2, 0.25) is 6.29 Å². The molecule has 6 heteroatoms. The second-order valence-corrected chi connectivity index (χ2v) is 16.8. The van der Waals surface area contributed by atoms with Gasteiger partial charge in [0.1, 0.15) is 17.0 Å². The summed E-state index contributed by atoms with van der Waals surface area (Å²) in [5.41, 5.74) is 11.1. The van der Waals surface area contributed by atoms with Crippen molar-refractivity contribution in [3.8, 4) is 0 Å². The van der Waals surface area contributed by atoms with Gasteiger partial charge in [-0.25, -0.2) is 9.98 Å². The number of hydrogen-bond acceptors (Lipinski definition) is 5. The molecule has 59 heavy (non-hydrogen) atoms. The van der Waals surface area contributed by atoms with E-state index < -0.39 is 6.29 Å². The van der Waals surface area contributed by atoms with Gasteiger partial charge in [-0.1, -0.05) is 153 Å². The maximum Gasteiger partial charge on any atom is 0.206 e. The van der Waals surface area contributed by atoms with Crippen LogP contribution in [0.1, 0.15) is 41.9 Å². The Bertz CT molecular complexity index is 3450. The number of aliphatic imine (C=N–C) groups is 2. The van der Waals surface area contributed by atoms with Gasteiger partial charge in [-0.05, 0) is 58.9 Å². The van der Waals surface area contributed by atoms with E-state index in [1.807, 2.05) is 29.5 Å². The highest BCUT2D eigenvalue weighted by atomic mass is 32.1. The van der Waals surface area contributed by atoms with Gasteiger partial charge in [0.25, 0.3) is 0 Å². The summed E-state index contributed by atoms with van der Waals surface area (Å²) < 4.78 is 11.4. The molecule has 0 amide bonds. The molecule has 0 spiro atoms. The highest BCUT2D eigenvalue weighted by Crippen LogP contribution is 2.45. The van der Waals surface area contributed by atoms with Crippen LogP contribution in [0.3, 0.4) is 0 Å². The Morgan fingerprint density at radius 3 is 2.20 bits per heavy atom. The molecule has 1 aliphatic carbocycles. The van der Waals surface area contributed by atoms with Crippen molar-refractivity contribution in [1.29, 1.82) is 0 Å². The zero-order valence-electron chi connectivity index (χ0n) is 32.6. The van der Waals surface area contributed by atoms with Crippen molar-refractivity contribution in [2.24, 2.45) is 15.9 Å². The molecule has 3 aromatic heterocycles. The van der Waals surface area contributed by atoms with E-state index in [9.17, 15) is 0 Å². The summed E-state index contributed by atoms with van der Waals surface area (Å²) >= 11 is 1.86. The average molecular weight is 779 g/mol. The number of rotatable bonds is 5. The standard InChI is InChI=1S/C53H38N4OS/c1-32-14-12-20-36(33-15-4-3-5-16-33)47(32)34-26-28-35(29-27-34)52-54-51(42-21-13-24-45-48(42)41-19-7-10-23-44(41)58-45)55-53(56(52)2)57-43-22-9-6-17-37(43)39-30-31-40-38-18-8-11-25-46(38)59-50(40)49(39)57/h3-13,15-32,53H,14H2,1-2H3. The maximum absolute atomic E-state index is 6.40. The third-order valence-electron chi connectivity index (χ3n) is 12.3. The van der Waals surface area contributed by atoms with Crippen LogP contribution in [-0.2, 0) is 0 Å². The lowest BCUT2D eigenvalue weighted by atomic mass is 9.81. The number of amidine groups is 2. The van der Waals surface area contributed by atoms with Crippen LogP contribution in [0.5, 0.6) is 0 Å². The normalized spacial score (nSPS) is 17.3. The van der Waals surface area contributed by atoms with Gasteiger partial charge in [0, 0.05) is 55.2 Å². The number of allylic oxidation sites excluding steroid dienone is 4. The fourth-order valence-corrected chi connectivity index (χ4v) is 10.8. The molecule has 0 bridgehead atoms. The van der Waals surface area contributed by atoms with Crippen LogP contribution >= 0.6 is 11.3 Å². The van der Waals surface area contributed by atoms with Crippen LogP contribution in [0.2, 0.25) is 0 Å². The summed E-state index contributed by atoms with van der Waals surface area (Å²) in [4.78, 5) is 13.4. The molecule has 5 nitrogen and oxygen atoms in total. The van der Waals surface area contributed by atoms with Gasteiger partial charge in [-0.2, -0.15) is 0 Å². The first-order valence-corrected chi connectivity index (χ1v) is 21.1. The predicted molar refractivity (Wildman–Crippen MR) is 249 cm³/mol. The SMILES string of the molecule is CC1CC=CC(c2ccccc2)=C1c1ccc(C2=NC(c3cccc4oc5ccccc5c34)=NC(n3c4ccccc4c4ccc5c6ccccc6sc5c43)N2C)cc1. The molecule has 2 unspecified atom stereocenters. The van der Waals surface area contributed by atoms with E-state index in [1.54, 1.807) is 0 Å². The number of benzene rings is 7. The summed E-state index contributed by atoms with van der Waals surface area (Å²) in [5.74, 6) is 1.93. The molecule has 0 radical (unpaired) electrons. The fraction of sp³-hybridized carbons (Fsp3) is 0.0943. The maximum atomic E-state index is 6.40. The predicted octanol–water partition coefficient (Wildman–Crippen LogP) is 13.9. The van der Waals surface area contributed by atoms with E-state index in [4.69, 9.17) is 14.4 Å². The molecule has 0 N–H and O–H groups in total. The van der Waals surface area contributed by atoms with Crippen molar-refractivity contribution < 1.29 is 4.42 Å². The first-order chi connectivity index (χ1) is 29.1. The zero-order valence-corrected chi connectivity index (χ0v) is 33.4. The van der Waals surface area contributed by atoms with E-state index in [-0.39, 0.29) is 0 Å². The zero-order chi connectivity index (χ0) is 39.2.